The number of rotatable bonds is 3. The van der Waals surface area contributed by atoms with Crippen LogP contribution in [0.15, 0.2) is 48.8 Å². The van der Waals surface area contributed by atoms with E-state index in [0.717, 1.165) is 11.3 Å². The highest BCUT2D eigenvalue weighted by molar-refractivity contribution is 5.48. The molecule has 1 heterocycles. The molecule has 1 aromatic carbocycles. The minimum Gasteiger partial charge on any atom is -0.325 e. The molecule has 0 saturated heterocycles. The molecule has 0 aliphatic heterocycles. The van der Waals surface area contributed by atoms with E-state index in [2.05, 4.69) is 5.10 Å². The lowest BCUT2D eigenvalue weighted by atomic mass is 10.2. The Morgan fingerprint density at radius 2 is 2.06 bits per heavy atom. The quantitative estimate of drug-likeness (QED) is 0.849. The minimum atomic E-state index is 0.0695. The van der Waals surface area contributed by atoms with Crippen LogP contribution in [0.25, 0.3) is 11.8 Å². The highest BCUT2D eigenvalue weighted by atomic mass is 15.3. The fourth-order valence-electron chi connectivity index (χ4n) is 1.41. The summed E-state index contributed by atoms with van der Waals surface area (Å²) in [7, 11) is 0. The largest absolute Gasteiger partial charge is 0.325 e. The van der Waals surface area contributed by atoms with Gasteiger partial charge in [0.05, 0.1) is 11.9 Å². The van der Waals surface area contributed by atoms with Gasteiger partial charge in [0.25, 0.3) is 0 Å². The van der Waals surface area contributed by atoms with E-state index >= 15 is 0 Å². The van der Waals surface area contributed by atoms with Gasteiger partial charge in [0.1, 0.15) is 0 Å². The Labute approximate surface area is 95.2 Å². The highest BCUT2D eigenvalue weighted by Crippen LogP contribution is 2.08. The number of benzene rings is 1. The molecule has 16 heavy (non-hydrogen) atoms. The summed E-state index contributed by atoms with van der Waals surface area (Å²) in [5, 5.41) is 4.29. The zero-order valence-corrected chi connectivity index (χ0v) is 9.25. The fraction of sp³-hybridized carbons (Fsp3) is 0.154. The molecule has 3 nitrogen and oxygen atoms in total. The maximum Gasteiger partial charge on any atom is 0.0645 e. The first-order chi connectivity index (χ1) is 7.75. The molecule has 0 aliphatic carbocycles. The van der Waals surface area contributed by atoms with E-state index in [0.29, 0.717) is 0 Å². The lowest BCUT2D eigenvalue weighted by molar-refractivity contribution is 0.880. The van der Waals surface area contributed by atoms with Crippen molar-refractivity contribution in [1.29, 1.82) is 0 Å². The predicted molar refractivity (Wildman–Crippen MR) is 66.2 cm³/mol. The number of nitrogens with zero attached hydrogens (tertiary/aromatic N) is 2. The summed E-state index contributed by atoms with van der Waals surface area (Å²) in [5.41, 5.74) is 7.76. The monoisotopic (exact) mass is 213 g/mol. The molecule has 0 saturated carbocycles. The lowest BCUT2D eigenvalue weighted by Gasteiger charge is -1.98. The van der Waals surface area contributed by atoms with E-state index in [1.165, 1.54) is 0 Å². The van der Waals surface area contributed by atoms with Gasteiger partial charge < -0.3 is 5.73 Å². The fourth-order valence-corrected chi connectivity index (χ4v) is 1.41. The zero-order chi connectivity index (χ0) is 11.4. The maximum atomic E-state index is 5.64. The van der Waals surface area contributed by atoms with Gasteiger partial charge in [0.15, 0.2) is 0 Å². The Morgan fingerprint density at radius 1 is 1.31 bits per heavy atom. The predicted octanol–water partition coefficient (Wildman–Crippen LogP) is 2.23. The molecule has 82 valence electrons. The van der Waals surface area contributed by atoms with Crippen molar-refractivity contribution in [2.45, 2.75) is 13.0 Å². The second-order valence-corrected chi connectivity index (χ2v) is 3.77. The third-order valence-electron chi connectivity index (χ3n) is 2.22. The molecule has 0 amide bonds. The highest BCUT2D eigenvalue weighted by Gasteiger charge is 1.97. The molecule has 2 aromatic rings. The summed E-state index contributed by atoms with van der Waals surface area (Å²) in [5.74, 6) is 0. The molecule has 1 unspecified atom stereocenters. The molecule has 3 heteroatoms. The first-order valence-electron chi connectivity index (χ1n) is 5.29. The molecule has 1 atom stereocenters. The lowest BCUT2D eigenvalue weighted by Crippen LogP contribution is -2.09. The van der Waals surface area contributed by atoms with Crippen molar-refractivity contribution in [1.82, 2.24) is 9.78 Å². The van der Waals surface area contributed by atoms with Gasteiger partial charge >= 0.3 is 0 Å². The molecular formula is C13H15N3. The molecule has 0 fully saturated rings. The van der Waals surface area contributed by atoms with Gasteiger partial charge in [0.2, 0.25) is 0 Å². The topological polar surface area (TPSA) is 43.8 Å². The summed E-state index contributed by atoms with van der Waals surface area (Å²) in [4.78, 5) is 0. The van der Waals surface area contributed by atoms with Crippen molar-refractivity contribution in [3.63, 3.8) is 0 Å². The minimum absolute atomic E-state index is 0.0695. The molecule has 0 spiro atoms. The maximum absolute atomic E-state index is 5.64. The van der Waals surface area contributed by atoms with Crippen LogP contribution in [0.1, 0.15) is 12.5 Å². The van der Waals surface area contributed by atoms with Gasteiger partial charge in [-0.25, -0.2) is 4.68 Å². The summed E-state index contributed by atoms with van der Waals surface area (Å²) in [6, 6.07) is 10.1. The van der Waals surface area contributed by atoms with Crippen molar-refractivity contribution >= 4 is 6.08 Å². The number of para-hydroxylation sites is 1. The first-order valence-corrected chi connectivity index (χ1v) is 5.29. The van der Waals surface area contributed by atoms with Crippen molar-refractivity contribution in [3.05, 3.63) is 54.4 Å². The van der Waals surface area contributed by atoms with E-state index < -0.39 is 0 Å². The number of nitrogens with two attached hydrogens (primary N) is 1. The molecule has 0 aliphatic rings. The summed E-state index contributed by atoms with van der Waals surface area (Å²) < 4.78 is 1.85. The second-order valence-electron chi connectivity index (χ2n) is 3.77. The summed E-state index contributed by atoms with van der Waals surface area (Å²) >= 11 is 0. The molecule has 2 N–H and O–H groups in total. The Bertz CT molecular complexity index is 469. The zero-order valence-electron chi connectivity index (χ0n) is 9.25. The Hall–Kier alpha value is -1.87. The number of aromatic nitrogens is 2. The molecule has 1 aromatic heterocycles. The Balaban J connectivity index is 2.20. The van der Waals surface area contributed by atoms with Crippen LogP contribution in [0, 0.1) is 0 Å². The van der Waals surface area contributed by atoms with Crippen LogP contribution in [-0.4, -0.2) is 15.8 Å². The van der Waals surface area contributed by atoms with E-state index in [-0.39, 0.29) is 6.04 Å². The molecule has 0 bridgehead atoms. The normalized spacial score (nSPS) is 13.1. The van der Waals surface area contributed by atoms with Gasteiger partial charge in [-0.3, -0.25) is 0 Å². The van der Waals surface area contributed by atoms with E-state index in [4.69, 9.17) is 5.73 Å². The van der Waals surface area contributed by atoms with Crippen molar-refractivity contribution < 1.29 is 0 Å². The SMILES string of the molecule is CC(N)/C=C/c1cnn(-c2ccccc2)c1. The van der Waals surface area contributed by atoms with Crippen molar-refractivity contribution in [3.8, 4) is 5.69 Å². The van der Waals surface area contributed by atoms with Crippen molar-refractivity contribution in [2.24, 2.45) is 5.73 Å². The van der Waals surface area contributed by atoms with Gasteiger partial charge in [-0.15, -0.1) is 0 Å². The first kappa shape index (κ1) is 10.6. The molecule has 0 radical (unpaired) electrons. The standard InChI is InChI=1S/C13H15N3/c1-11(14)7-8-12-9-15-16(10-12)13-5-3-2-4-6-13/h2-11H,14H2,1H3/b8-7+. The van der Waals surface area contributed by atoms with Crippen molar-refractivity contribution in [2.75, 3.05) is 0 Å². The summed E-state index contributed by atoms with van der Waals surface area (Å²) in [6.07, 6.45) is 7.74. The average Bonchev–Trinajstić information content (AvgIpc) is 2.76. The van der Waals surface area contributed by atoms with Crippen LogP contribution in [-0.2, 0) is 0 Å². The third-order valence-corrected chi connectivity index (χ3v) is 2.22. The van der Waals surface area contributed by atoms with E-state index in [1.807, 2.05) is 66.5 Å². The van der Waals surface area contributed by atoms with Gasteiger partial charge in [0, 0.05) is 17.8 Å². The Morgan fingerprint density at radius 3 is 2.75 bits per heavy atom. The average molecular weight is 213 g/mol. The van der Waals surface area contributed by atoms with Crippen LogP contribution in [0.4, 0.5) is 0 Å². The van der Waals surface area contributed by atoms with Crippen LogP contribution in [0.2, 0.25) is 0 Å². The third kappa shape index (κ3) is 2.58. The van der Waals surface area contributed by atoms with E-state index in [9.17, 15) is 0 Å². The molecular weight excluding hydrogens is 198 g/mol. The second kappa shape index (κ2) is 4.77. The van der Waals surface area contributed by atoms with Gasteiger partial charge in [-0.2, -0.15) is 5.10 Å². The van der Waals surface area contributed by atoms with Gasteiger partial charge in [-0.1, -0.05) is 30.4 Å². The number of hydrogen-bond donors (Lipinski definition) is 1. The number of hydrogen-bond acceptors (Lipinski definition) is 2. The van der Waals surface area contributed by atoms with Crippen LogP contribution >= 0.6 is 0 Å². The van der Waals surface area contributed by atoms with E-state index in [1.54, 1.807) is 0 Å². The van der Waals surface area contributed by atoms with Crippen LogP contribution in [0.3, 0.4) is 0 Å². The smallest absolute Gasteiger partial charge is 0.0645 e. The van der Waals surface area contributed by atoms with Gasteiger partial charge in [-0.05, 0) is 19.1 Å². The molecule has 2 rings (SSSR count). The Kier molecular flexibility index (Phi) is 3.17. The van der Waals surface area contributed by atoms with Crippen LogP contribution in [0.5, 0.6) is 0 Å². The summed E-state index contributed by atoms with van der Waals surface area (Å²) in [6.45, 7) is 1.94. The van der Waals surface area contributed by atoms with Crippen LogP contribution < -0.4 is 5.73 Å².